The highest BCUT2D eigenvalue weighted by Crippen LogP contribution is 2.33. The van der Waals surface area contributed by atoms with E-state index in [0.29, 0.717) is 11.6 Å². The van der Waals surface area contributed by atoms with Crippen LogP contribution in [0.15, 0.2) is 48.5 Å². The van der Waals surface area contributed by atoms with Crippen LogP contribution in [0, 0.1) is 0 Å². The molecule has 1 aliphatic heterocycles. The molecule has 2 N–H and O–H groups in total. The van der Waals surface area contributed by atoms with Crippen molar-refractivity contribution in [3.05, 3.63) is 54.1 Å². The summed E-state index contributed by atoms with van der Waals surface area (Å²) < 4.78 is 5.31. The number of hydrogen-bond acceptors (Lipinski definition) is 3. The van der Waals surface area contributed by atoms with Gasteiger partial charge in [0.05, 0.1) is 12.8 Å². The van der Waals surface area contributed by atoms with Gasteiger partial charge in [0.2, 0.25) is 0 Å². The van der Waals surface area contributed by atoms with Crippen LogP contribution in [0.5, 0.6) is 5.75 Å². The smallest absolute Gasteiger partial charge is 0.143 e. The average molecular weight is 268 g/mol. The van der Waals surface area contributed by atoms with Gasteiger partial charge in [0.1, 0.15) is 5.75 Å². The summed E-state index contributed by atoms with van der Waals surface area (Å²) in [7, 11) is 1.66. The zero-order chi connectivity index (χ0) is 13.9. The number of ether oxygens (including phenoxy) is 1. The van der Waals surface area contributed by atoms with Crippen LogP contribution in [-0.4, -0.2) is 20.2 Å². The van der Waals surface area contributed by atoms with Crippen LogP contribution in [-0.2, 0) is 0 Å². The maximum Gasteiger partial charge on any atom is 0.143 e. The van der Waals surface area contributed by atoms with Gasteiger partial charge in [0, 0.05) is 30.8 Å². The van der Waals surface area contributed by atoms with E-state index in [2.05, 4.69) is 41.3 Å². The maximum absolute atomic E-state index is 5.87. The van der Waals surface area contributed by atoms with E-state index in [1.54, 1.807) is 7.11 Å². The molecule has 0 saturated carbocycles. The van der Waals surface area contributed by atoms with Crippen molar-refractivity contribution in [2.24, 2.45) is 0 Å². The second-order valence-corrected chi connectivity index (χ2v) is 5.27. The van der Waals surface area contributed by atoms with Gasteiger partial charge < -0.3 is 15.4 Å². The zero-order valence-corrected chi connectivity index (χ0v) is 11.8. The van der Waals surface area contributed by atoms with Crippen molar-refractivity contribution in [1.82, 2.24) is 0 Å². The summed E-state index contributed by atoms with van der Waals surface area (Å²) in [6.07, 6.45) is 1.19. The van der Waals surface area contributed by atoms with Crippen molar-refractivity contribution < 1.29 is 4.74 Å². The van der Waals surface area contributed by atoms with Crippen LogP contribution < -0.4 is 15.4 Å². The standard InChI is InChI=1S/C17H20N2O/c1-20-17-11-15(7-8-16(17)18)19-10-9-14(12-19)13-5-3-2-4-6-13/h2-8,11,14H,9-10,12,18H2,1H3. The molecule has 3 rings (SSSR count). The normalized spacial score (nSPS) is 18.2. The van der Waals surface area contributed by atoms with E-state index in [4.69, 9.17) is 10.5 Å². The van der Waals surface area contributed by atoms with Crippen molar-refractivity contribution >= 4 is 11.4 Å². The first-order valence-corrected chi connectivity index (χ1v) is 7.01. The molecule has 2 aromatic carbocycles. The number of anilines is 2. The molecule has 1 aliphatic rings. The van der Waals surface area contributed by atoms with Gasteiger partial charge in [-0.05, 0) is 24.1 Å². The van der Waals surface area contributed by atoms with Gasteiger partial charge in [-0.25, -0.2) is 0 Å². The SMILES string of the molecule is COc1cc(N2CCC(c3ccccc3)C2)ccc1N. The van der Waals surface area contributed by atoms with Gasteiger partial charge in [0.25, 0.3) is 0 Å². The van der Waals surface area contributed by atoms with Gasteiger partial charge in [-0.2, -0.15) is 0 Å². The van der Waals surface area contributed by atoms with Gasteiger partial charge in [-0.3, -0.25) is 0 Å². The summed E-state index contributed by atoms with van der Waals surface area (Å²) in [5.74, 6) is 1.37. The van der Waals surface area contributed by atoms with E-state index >= 15 is 0 Å². The number of methoxy groups -OCH3 is 1. The number of nitrogens with zero attached hydrogens (tertiary/aromatic N) is 1. The predicted molar refractivity (Wildman–Crippen MR) is 83.4 cm³/mol. The first-order valence-electron chi connectivity index (χ1n) is 7.01. The van der Waals surface area contributed by atoms with Crippen LogP contribution in [0.25, 0.3) is 0 Å². The second kappa shape index (κ2) is 5.45. The van der Waals surface area contributed by atoms with Crippen molar-refractivity contribution in [3.63, 3.8) is 0 Å². The molecule has 0 bridgehead atoms. The fourth-order valence-electron chi connectivity index (χ4n) is 2.89. The topological polar surface area (TPSA) is 38.5 Å². The molecule has 0 radical (unpaired) electrons. The summed E-state index contributed by atoms with van der Waals surface area (Å²) in [5, 5.41) is 0. The first-order chi connectivity index (χ1) is 9.78. The van der Waals surface area contributed by atoms with Crippen LogP contribution in [0.2, 0.25) is 0 Å². The minimum atomic E-state index is 0.611. The summed E-state index contributed by atoms with van der Waals surface area (Å²) >= 11 is 0. The summed E-state index contributed by atoms with van der Waals surface area (Å²) in [4.78, 5) is 2.40. The number of nitrogens with two attached hydrogens (primary N) is 1. The molecule has 0 spiro atoms. The summed E-state index contributed by atoms with van der Waals surface area (Å²) in [6.45, 7) is 2.13. The third-order valence-corrected chi connectivity index (χ3v) is 4.04. The highest BCUT2D eigenvalue weighted by Gasteiger charge is 2.24. The molecular formula is C17H20N2O. The van der Waals surface area contributed by atoms with Crippen molar-refractivity contribution in [1.29, 1.82) is 0 Å². The van der Waals surface area contributed by atoms with Crippen molar-refractivity contribution in [2.45, 2.75) is 12.3 Å². The average Bonchev–Trinajstić information content (AvgIpc) is 2.98. The number of hydrogen-bond donors (Lipinski definition) is 1. The maximum atomic E-state index is 5.87. The molecule has 20 heavy (non-hydrogen) atoms. The lowest BCUT2D eigenvalue weighted by molar-refractivity contribution is 0.417. The molecule has 0 amide bonds. The quantitative estimate of drug-likeness (QED) is 0.868. The molecule has 0 aromatic heterocycles. The van der Waals surface area contributed by atoms with E-state index in [0.717, 1.165) is 18.8 Å². The Morgan fingerprint density at radius 3 is 2.70 bits per heavy atom. The van der Waals surface area contributed by atoms with E-state index in [1.165, 1.54) is 17.7 Å². The molecule has 104 valence electrons. The molecule has 1 unspecified atom stereocenters. The van der Waals surface area contributed by atoms with Crippen LogP contribution in [0.4, 0.5) is 11.4 Å². The molecular weight excluding hydrogens is 248 g/mol. The Hall–Kier alpha value is -2.16. The lowest BCUT2D eigenvalue weighted by Gasteiger charge is -2.20. The van der Waals surface area contributed by atoms with Crippen LogP contribution in [0.1, 0.15) is 17.9 Å². The van der Waals surface area contributed by atoms with Gasteiger partial charge >= 0.3 is 0 Å². The lowest BCUT2D eigenvalue weighted by Crippen LogP contribution is -2.19. The minimum absolute atomic E-state index is 0.611. The van der Waals surface area contributed by atoms with Crippen LogP contribution >= 0.6 is 0 Å². The van der Waals surface area contributed by atoms with Crippen molar-refractivity contribution in [2.75, 3.05) is 30.8 Å². The Morgan fingerprint density at radius 1 is 1.15 bits per heavy atom. The predicted octanol–water partition coefficient (Wildman–Crippen LogP) is 3.27. The zero-order valence-electron chi connectivity index (χ0n) is 11.8. The van der Waals surface area contributed by atoms with E-state index < -0.39 is 0 Å². The van der Waals surface area contributed by atoms with E-state index in [1.807, 2.05) is 12.1 Å². The monoisotopic (exact) mass is 268 g/mol. The molecule has 1 atom stereocenters. The summed E-state index contributed by atoms with van der Waals surface area (Å²) in [5.41, 5.74) is 9.18. The Bertz CT molecular complexity index is 583. The highest BCUT2D eigenvalue weighted by molar-refractivity contribution is 5.62. The Morgan fingerprint density at radius 2 is 1.95 bits per heavy atom. The molecule has 2 aromatic rings. The Labute approximate surface area is 120 Å². The fraction of sp³-hybridized carbons (Fsp3) is 0.294. The van der Waals surface area contributed by atoms with Crippen LogP contribution in [0.3, 0.4) is 0 Å². The molecule has 1 heterocycles. The van der Waals surface area contributed by atoms with Gasteiger partial charge in [-0.15, -0.1) is 0 Å². The largest absolute Gasteiger partial charge is 0.495 e. The Kier molecular flexibility index (Phi) is 3.50. The second-order valence-electron chi connectivity index (χ2n) is 5.27. The third kappa shape index (κ3) is 2.44. The van der Waals surface area contributed by atoms with Gasteiger partial charge in [0.15, 0.2) is 0 Å². The first kappa shape index (κ1) is 12.9. The van der Waals surface area contributed by atoms with E-state index in [-0.39, 0.29) is 0 Å². The number of benzene rings is 2. The van der Waals surface area contributed by atoms with Crippen molar-refractivity contribution in [3.8, 4) is 5.75 Å². The highest BCUT2D eigenvalue weighted by atomic mass is 16.5. The third-order valence-electron chi connectivity index (χ3n) is 4.04. The molecule has 0 aliphatic carbocycles. The van der Waals surface area contributed by atoms with E-state index in [9.17, 15) is 0 Å². The Balaban J connectivity index is 1.77. The number of rotatable bonds is 3. The summed E-state index contributed by atoms with van der Waals surface area (Å²) in [6, 6.07) is 16.8. The number of nitrogen functional groups attached to an aromatic ring is 1. The lowest BCUT2D eigenvalue weighted by atomic mass is 9.99. The molecule has 1 saturated heterocycles. The fourth-order valence-corrected chi connectivity index (χ4v) is 2.89. The molecule has 1 fully saturated rings. The van der Waals surface area contributed by atoms with Gasteiger partial charge in [-0.1, -0.05) is 30.3 Å². The molecule has 3 heteroatoms. The molecule has 3 nitrogen and oxygen atoms in total. The minimum Gasteiger partial charge on any atom is -0.495 e.